The predicted octanol–water partition coefficient (Wildman–Crippen LogP) is 4.36. The van der Waals surface area contributed by atoms with E-state index in [1.165, 1.54) is 17.4 Å². The van der Waals surface area contributed by atoms with Gasteiger partial charge in [0.05, 0.1) is 10.9 Å². The molecule has 0 bridgehead atoms. The molecule has 0 aromatic carbocycles. The summed E-state index contributed by atoms with van der Waals surface area (Å²) >= 11 is 7.39. The summed E-state index contributed by atoms with van der Waals surface area (Å²) in [5, 5.41) is 0. The van der Waals surface area contributed by atoms with Gasteiger partial charge in [-0.2, -0.15) is 0 Å². The first-order chi connectivity index (χ1) is 9.58. The Morgan fingerprint density at radius 3 is 2.75 bits per heavy atom. The first-order valence-electron chi connectivity index (χ1n) is 6.36. The third-order valence-electron chi connectivity index (χ3n) is 2.82. The van der Waals surface area contributed by atoms with E-state index in [0.717, 1.165) is 15.0 Å². The van der Waals surface area contributed by atoms with E-state index in [-0.39, 0.29) is 5.91 Å². The van der Waals surface area contributed by atoms with Crippen LogP contribution in [0.25, 0.3) is 6.08 Å². The summed E-state index contributed by atoms with van der Waals surface area (Å²) < 4.78 is 6.14. The standard InChI is InChI=1S/C15H16ClNO2S/c1-3-17(10-13-7-8-14(16)20-13)15(18)9-6-12-5-4-11(2)19-12/h4-9H,3,10H2,1-2H3/b9-6+. The molecule has 2 heterocycles. The molecule has 1 amide bonds. The highest BCUT2D eigenvalue weighted by Gasteiger charge is 2.10. The second-order valence-electron chi connectivity index (χ2n) is 4.34. The van der Waals surface area contributed by atoms with Gasteiger partial charge < -0.3 is 9.32 Å². The number of aryl methyl sites for hydroxylation is 1. The van der Waals surface area contributed by atoms with Gasteiger partial charge in [0.25, 0.3) is 0 Å². The summed E-state index contributed by atoms with van der Waals surface area (Å²) in [6.07, 6.45) is 3.23. The number of carbonyl (C=O) groups excluding carboxylic acids is 1. The predicted molar refractivity (Wildman–Crippen MR) is 82.9 cm³/mol. The highest BCUT2D eigenvalue weighted by atomic mass is 35.5. The summed E-state index contributed by atoms with van der Waals surface area (Å²) in [5.41, 5.74) is 0. The van der Waals surface area contributed by atoms with Crippen LogP contribution in [0.1, 0.15) is 23.3 Å². The molecule has 3 nitrogen and oxygen atoms in total. The van der Waals surface area contributed by atoms with E-state index in [9.17, 15) is 4.79 Å². The van der Waals surface area contributed by atoms with Crippen LogP contribution in [0, 0.1) is 6.92 Å². The van der Waals surface area contributed by atoms with E-state index in [2.05, 4.69) is 0 Å². The fraction of sp³-hybridized carbons (Fsp3) is 0.267. The van der Waals surface area contributed by atoms with Crippen molar-refractivity contribution in [1.82, 2.24) is 4.90 Å². The lowest BCUT2D eigenvalue weighted by molar-refractivity contribution is -0.126. The van der Waals surface area contributed by atoms with Crippen molar-refractivity contribution in [3.8, 4) is 0 Å². The number of thiophene rings is 1. The van der Waals surface area contributed by atoms with E-state index < -0.39 is 0 Å². The van der Waals surface area contributed by atoms with Crippen molar-refractivity contribution in [2.45, 2.75) is 20.4 Å². The lowest BCUT2D eigenvalue weighted by Gasteiger charge is -2.17. The Labute approximate surface area is 127 Å². The van der Waals surface area contributed by atoms with Crippen molar-refractivity contribution in [3.05, 3.63) is 51.1 Å². The quantitative estimate of drug-likeness (QED) is 0.769. The molecule has 0 atom stereocenters. The summed E-state index contributed by atoms with van der Waals surface area (Å²) in [6, 6.07) is 7.51. The van der Waals surface area contributed by atoms with Gasteiger partial charge in [0.15, 0.2) is 0 Å². The van der Waals surface area contributed by atoms with Crippen LogP contribution in [0.15, 0.2) is 34.8 Å². The molecule has 106 valence electrons. The Hall–Kier alpha value is -1.52. The summed E-state index contributed by atoms with van der Waals surface area (Å²) in [5.74, 6) is 1.48. The van der Waals surface area contributed by atoms with E-state index in [4.69, 9.17) is 16.0 Å². The van der Waals surface area contributed by atoms with E-state index in [1.807, 2.05) is 38.1 Å². The number of halogens is 1. The van der Waals surface area contributed by atoms with Crippen LogP contribution in [-0.4, -0.2) is 17.4 Å². The first kappa shape index (κ1) is 14.9. The number of amides is 1. The Kier molecular flexibility index (Phi) is 5.04. The average molecular weight is 310 g/mol. The minimum Gasteiger partial charge on any atom is -0.462 e. The largest absolute Gasteiger partial charge is 0.462 e. The van der Waals surface area contributed by atoms with Crippen molar-refractivity contribution in [2.24, 2.45) is 0 Å². The van der Waals surface area contributed by atoms with Crippen LogP contribution < -0.4 is 0 Å². The first-order valence-corrected chi connectivity index (χ1v) is 7.55. The number of hydrogen-bond donors (Lipinski definition) is 0. The normalized spacial score (nSPS) is 11.2. The molecule has 20 heavy (non-hydrogen) atoms. The molecule has 0 aliphatic carbocycles. The zero-order chi connectivity index (χ0) is 14.5. The van der Waals surface area contributed by atoms with Gasteiger partial charge >= 0.3 is 0 Å². The summed E-state index contributed by atoms with van der Waals surface area (Å²) in [7, 11) is 0. The van der Waals surface area contributed by atoms with Crippen molar-refractivity contribution >= 4 is 34.9 Å². The van der Waals surface area contributed by atoms with Crippen LogP contribution >= 0.6 is 22.9 Å². The zero-order valence-electron chi connectivity index (χ0n) is 11.4. The number of likely N-dealkylation sites (N-methyl/N-ethyl adjacent to an activating group) is 1. The Bertz CT molecular complexity index is 615. The van der Waals surface area contributed by atoms with Gasteiger partial charge in [0.1, 0.15) is 11.5 Å². The van der Waals surface area contributed by atoms with Gasteiger partial charge in [-0.25, -0.2) is 0 Å². The molecule has 2 rings (SSSR count). The third-order valence-corrected chi connectivity index (χ3v) is 4.04. The van der Waals surface area contributed by atoms with Crippen LogP contribution in [0.2, 0.25) is 4.34 Å². The average Bonchev–Trinajstić information content (AvgIpc) is 3.02. The van der Waals surface area contributed by atoms with Crippen LogP contribution in [0.3, 0.4) is 0 Å². The molecule has 0 aliphatic rings. The third kappa shape index (κ3) is 3.99. The van der Waals surface area contributed by atoms with E-state index in [0.29, 0.717) is 18.8 Å². The molecule has 2 aromatic rings. The smallest absolute Gasteiger partial charge is 0.247 e. The molecule has 5 heteroatoms. The van der Waals surface area contributed by atoms with Crippen molar-refractivity contribution in [2.75, 3.05) is 6.54 Å². The maximum Gasteiger partial charge on any atom is 0.247 e. The van der Waals surface area contributed by atoms with Gasteiger partial charge in [-0.1, -0.05) is 11.6 Å². The highest BCUT2D eigenvalue weighted by Crippen LogP contribution is 2.22. The Morgan fingerprint density at radius 1 is 1.40 bits per heavy atom. The minimum atomic E-state index is -0.0360. The molecule has 0 unspecified atom stereocenters. The monoisotopic (exact) mass is 309 g/mol. The molecule has 0 spiro atoms. The maximum absolute atomic E-state index is 12.1. The number of carbonyl (C=O) groups is 1. The Balaban J connectivity index is 2.00. The minimum absolute atomic E-state index is 0.0360. The lowest BCUT2D eigenvalue weighted by Crippen LogP contribution is -2.28. The van der Waals surface area contributed by atoms with Crippen molar-refractivity contribution in [1.29, 1.82) is 0 Å². The molecule has 0 aliphatic heterocycles. The van der Waals surface area contributed by atoms with Gasteiger partial charge in [0.2, 0.25) is 5.91 Å². The molecule has 0 radical (unpaired) electrons. The number of rotatable bonds is 5. The maximum atomic E-state index is 12.1. The van der Waals surface area contributed by atoms with E-state index >= 15 is 0 Å². The fourth-order valence-electron chi connectivity index (χ4n) is 1.77. The molecule has 2 aromatic heterocycles. The van der Waals surface area contributed by atoms with Crippen LogP contribution in [0.5, 0.6) is 0 Å². The second-order valence-corrected chi connectivity index (χ2v) is 6.14. The van der Waals surface area contributed by atoms with Crippen LogP contribution in [0.4, 0.5) is 0 Å². The zero-order valence-corrected chi connectivity index (χ0v) is 13.0. The summed E-state index contributed by atoms with van der Waals surface area (Å²) in [6.45, 7) is 5.06. The lowest BCUT2D eigenvalue weighted by atomic mass is 10.3. The highest BCUT2D eigenvalue weighted by molar-refractivity contribution is 7.16. The van der Waals surface area contributed by atoms with Crippen LogP contribution in [-0.2, 0) is 11.3 Å². The van der Waals surface area contributed by atoms with Crippen molar-refractivity contribution < 1.29 is 9.21 Å². The molecular weight excluding hydrogens is 294 g/mol. The molecular formula is C15H16ClNO2S. The number of furan rings is 1. The Morgan fingerprint density at radius 2 is 2.20 bits per heavy atom. The molecule has 0 saturated heterocycles. The number of hydrogen-bond acceptors (Lipinski definition) is 3. The van der Waals surface area contributed by atoms with E-state index in [1.54, 1.807) is 11.0 Å². The second kappa shape index (κ2) is 6.77. The summed E-state index contributed by atoms with van der Waals surface area (Å²) in [4.78, 5) is 15.0. The SMILES string of the molecule is CCN(Cc1ccc(Cl)s1)C(=O)/C=C/c1ccc(C)o1. The van der Waals surface area contributed by atoms with Gasteiger partial charge in [-0.3, -0.25) is 4.79 Å². The molecule has 0 N–H and O–H groups in total. The van der Waals surface area contributed by atoms with Gasteiger partial charge in [-0.05, 0) is 44.2 Å². The van der Waals surface area contributed by atoms with Crippen molar-refractivity contribution in [3.63, 3.8) is 0 Å². The topological polar surface area (TPSA) is 33.5 Å². The van der Waals surface area contributed by atoms with Gasteiger partial charge in [0, 0.05) is 17.5 Å². The molecule has 0 fully saturated rings. The molecule has 0 saturated carbocycles. The van der Waals surface area contributed by atoms with Gasteiger partial charge in [-0.15, -0.1) is 11.3 Å². The number of nitrogens with zero attached hydrogens (tertiary/aromatic N) is 1. The fourth-order valence-corrected chi connectivity index (χ4v) is 2.88.